The first-order valence-corrected chi connectivity index (χ1v) is 9.63. The van der Waals surface area contributed by atoms with Gasteiger partial charge >= 0.3 is 0 Å². The van der Waals surface area contributed by atoms with Gasteiger partial charge in [-0.05, 0) is 25.3 Å². The molecule has 0 aliphatic rings. The lowest BCUT2D eigenvalue weighted by atomic mass is 10.1. The van der Waals surface area contributed by atoms with Gasteiger partial charge in [0.15, 0.2) is 0 Å². The smallest absolute Gasteiger partial charge is 0.115 e. The Bertz CT molecular complexity index is 379. The molecule has 0 saturated carbocycles. The first-order chi connectivity index (χ1) is 12.3. The van der Waals surface area contributed by atoms with Crippen LogP contribution in [0, 0.1) is 11.8 Å². The Hall–Kier alpha value is -1.28. The van der Waals surface area contributed by atoms with Crippen molar-refractivity contribution in [1.82, 2.24) is 0 Å². The number of rotatable bonds is 16. The Morgan fingerprint density at radius 2 is 1.32 bits per heavy atom. The van der Waals surface area contributed by atoms with Crippen LogP contribution in [0.1, 0.15) is 70.6 Å². The average molecular weight is 353 g/mol. The van der Waals surface area contributed by atoms with Crippen LogP contribution in [-0.4, -0.2) is 41.2 Å². The number of ether oxygens (including phenoxy) is 1. The quantitative estimate of drug-likeness (QED) is 0.225. The molecule has 3 N–H and O–H groups in total. The Labute approximate surface area is 153 Å². The zero-order chi connectivity index (χ0) is 18.4. The van der Waals surface area contributed by atoms with E-state index in [1.165, 1.54) is 64.0 Å². The van der Waals surface area contributed by atoms with Gasteiger partial charge in [0.2, 0.25) is 0 Å². The van der Waals surface area contributed by atoms with Gasteiger partial charge in [-0.15, -0.1) is 0 Å². The molecule has 0 fully saturated rings. The molecule has 4 nitrogen and oxygen atoms in total. The number of aliphatic hydroxyl groups is 3. The van der Waals surface area contributed by atoms with Crippen molar-refractivity contribution in [3.63, 3.8) is 0 Å². The third-order valence-corrected chi connectivity index (χ3v) is 3.81. The van der Waals surface area contributed by atoms with Crippen molar-refractivity contribution in [1.29, 1.82) is 0 Å². The van der Waals surface area contributed by atoms with E-state index in [2.05, 4.69) is 17.9 Å². The lowest BCUT2D eigenvalue weighted by Crippen LogP contribution is -2.17. The maximum atomic E-state index is 9.04. The molecule has 25 heavy (non-hydrogen) atoms. The maximum Gasteiger partial charge on any atom is 0.115 e. The average Bonchev–Trinajstić information content (AvgIpc) is 2.63. The first-order valence-electron chi connectivity index (χ1n) is 9.63. The molecular weight excluding hydrogens is 316 g/mol. The van der Waals surface area contributed by atoms with E-state index >= 15 is 0 Å². The Morgan fingerprint density at radius 1 is 0.760 bits per heavy atom. The third kappa shape index (κ3) is 20.7. The highest BCUT2D eigenvalue weighted by atomic mass is 16.5. The van der Waals surface area contributed by atoms with Gasteiger partial charge in [0.1, 0.15) is 12.7 Å². The van der Waals surface area contributed by atoms with Crippen LogP contribution in [0.2, 0.25) is 0 Å². The molecule has 1 atom stereocenters. The van der Waals surface area contributed by atoms with Crippen molar-refractivity contribution >= 4 is 0 Å². The molecule has 0 aromatic carbocycles. The summed E-state index contributed by atoms with van der Waals surface area (Å²) < 4.78 is 4.98. The standard InChI is InChI=1S/C21H36O4/c22-17-15-13-11-9-7-5-3-1-2-4-6-8-10-12-14-16-18-25-20-21(24)19-23/h8,10,16,18,21-24H,1-7,9,11,13,15,17,19-20H2/b10-8+,18-16+/t21-/m0/s1. The summed E-state index contributed by atoms with van der Waals surface area (Å²) in [7, 11) is 0. The van der Waals surface area contributed by atoms with Gasteiger partial charge in [-0.1, -0.05) is 69.3 Å². The minimum absolute atomic E-state index is 0.0776. The fraction of sp³-hybridized carbons (Fsp3) is 0.714. The Balaban J connectivity index is 3.30. The molecule has 0 unspecified atom stereocenters. The number of allylic oxidation sites excluding steroid dienone is 3. The number of unbranched alkanes of at least 4 members (excludes halogenated alkanes) is 10. The van der Waals surface area contributed by atoms with Crippen LogP contribution in [0.25, 0.3) is 0 Å². The molecule has 0 bridgehead atoms. The predicted molar refractivity (Wildman–Crippen MR) is 103 cm³/mol. The minimum Gasteiger partial charge on any atom is -0.498 e. The Kier molecular flexibility index (Phi) is 19.7. The summed E-state index contributed by atoms with van der Waals surface area (Å²) in [6.45, 7) is 0.115. The van der Waals surface area contributed by atoms with Gasteiger partial charge in [-0.25, -0.2) is 0 Å². The largest absolute Gasteiger partial charge is 0.498 e. The number of aliphatic hydroxyl groups excluding tert-OH is 3. The van der Waals surface area contributed by atoms with Crippen LogP contribution in [0.3, 0.4) is 0 Å². The molecular formula is C21H36O4. The second-order valence-electron chi connectivity index (χ2n) is 6.21. The van der Waals surface area contributed by atoms with Gasteiger partial charge in [0.25, 0.3) is 0 Å². The van der Waals surface area contributed by atoms with Crippen LogP contribution >= 0.6 is 0 Å². The lowest BCUT2D eigenvalue weighted by Gasteiger charge is -2.04. The van der Waals surface area contributed by atoms with E-state index in [1.54, 1.807) is 6.08 Å². The van der Waals surface area contributed by atoms with Crippen molar-refractivity contribution < 1.29 is 20.1 Å². The maximum absolute atomic E-state index is 9.04. The molecule has 0 aliphatic heterocycles. The summed E-state index contributed by atoms with van der Waals surface area (Å²) in [6, 6.07) is 0. The second-order valence-corrected chi connectivity index (χ2v) is 6.21. The predicted octanol–water partition coefficient (Wildman–Crippen LogP) is 3.71. The first kappa shape index (κ1) is 23.7. The van der Waals surface area contributed by atoms with Crippen molar-refractivity contribution in [2.24, 2.45) is 0 Å². The number of hydrogen-bond acceptors (Lipinski definition) is 4. The topological polar surface area (TPSA) is 69.9 Å². The highest BCUT2D eigenvalue weighted by Crippen LogP contribution is 2.11. The van der Waals surface area contributed by atoms with E-state index in [-0.39, 0.29) is 13.2 Å². The highest BCUT2D eigenvalue weighted by molar-refractivity contribution is 5.22. The van der Waals surface area contributed by atoms with Crippen molar-refractivity contribution in [2.45, 2.75) is 76.7 Å². The van der Waals surface area contributed by atoms with E-state index in [0.717, 1.165) is 12.8 Å². The molecule has 0 radical (unpaired) electrons. The van der Waals surface area contributed by atoms with Crippen LogP contribution in [0.15, 0.2) is 24.5 Å². The molecule has 0 spiro atoms. The van der Waals surface area contributed by atoms with Crippen molar-refractivity contribution in [3.8, 4) is 11.8 Å². The molecule has 0 amide bonds. The molecule has 0 saturated heterocycles. The highest BCUT2D eigenvalue weighted by Gasteiger charge is 1.98. The zero-order valence-electron chi connectivity index (χ0n) is 15.5. The molecule has 0 aromatic rings. The lowest BCUT2D eigenvalue weighted by molar-refractivity contribution is 0.0385. The van der Waals surface area contributed by atoms with Gasteiger partial charge in [0.05, 0.1) is 12.9 Å². The van der Waals surface area contributed by atoms with E-state index in [0.29, 0.717) is 6.61 Å². The van der Waals surface area contributed by atoms with E-state index < -0.39 is 6.10 Å². The fourth-order valence-corrected chi connectivity index (χ4v) is 2.33. The summed E-state index contributed by atoms with van der Waals surface area (Å²) in [5.41, 5.74) is 0. The normalized spacial score (nSPS) is 12.4. The van der Waals surface area contributed by atoms with E-state index in [1.807, 2.05) is 6.08 Å². The molecule has 0 aromatic heterocycles. The molecule has 4 heteroatoms. The van der Waals surface area contributed by atoms with Crippen LogP contribution in [-0.2, 0) is 4.74 Å². The van der Waals surface area contributed by atoms with Crippen LogP contribution in [0.4, 0.5) is 0 Å². The minimum atomic E-state index is -0.839. The van der Waals surface area contributed by atoms with Gasteiger partial charge in [-0.3, -0.25) is 0 Å². The van der Waals surface area contributed by atoms with Crippen molar-refractivity contribution in [3.05, 3.63) is 24.5 Å². The SMILES string of the molecule is OCCCCCCCCCCCC/C=C/C#C/C=C/OC[C@@H](O)CO. The second kappa shape index (κ2) is 20.8. The summed E-state index contributed by atoms with van der Waals surface area (Å²) >= 11 is 0. The molecule has 0 heterocycles. The molecule has 0 aliphatic carbocycles. The third-order valence-electron chi connectivity index (χ3n) is 3.81. The monoisotopic (exact) mass is 352 g/mol. The summed E-state index contributed by atoms with van der Waals surface area (Å²) in [6.07, 6.45) is 19.7. The van der Waals surface area contributed by atoms with Gasteiger partial charge in [-0.2, -0.15) is 0 Å². The van der Waals surface area contributed by atoms with Gasteiger partial charge in [0, 0.05) is 12.7 Å². The van der Waals surface area contributed by atoms with E-state index in [9.17, 15) is 0 Å². The van der Waals surface area contributed by atoms with E-state index in [4.69, 9.17) is 20.1 Å². The molecule has 0 rings (SSSR count). The van der Waals surface area contributed by atoms with Crippen molar-refractivity contribution in [2.75, 3.05) is 19.8 Å². The summed E-state index contributed by atoms with van der Waals surface area (Å²) in [4.78, 5) is 0. The van der Waals surface area contributed by atoms with Crippen LogP contribution < -0.4 is 0 Å². The fourth-order valence-electron chi connectivity index (χ4n) is 2.33. The summed E-state index contributed by atoms with van der Waals surface area (Å²) in [5.74, 6) is 5.72. The number of hydrogen-bond donors (Lipinski definition) is 3. The van der Waals surface area contributed by atoms with Gasteiger partial charge < -0.3 is 20.1 Å². The van der Waals surface area contributed by atoms with Crippen LogP contribution in [0.5, 0.6) is 0 Å². The zero-order valence-corrected chi connectivity index (χ0v) is 15.5. The molecule has 144 valence electrons. The Morgan fingerprint density at radius 3 is 1.92 bits per heavy atom. The summed E-state index contributed by atoms with van der Waals surface area (Å²) in [5, 5.41) is 26.3.